The van der Waals surface area contributed by atoms with Gasteiger partial charge in [0.2, 0.25) is 0 Å². The zero-order chi connectivity index (χ0) is 13.9. The van der Waals surface area contributed by atoms with Gasteiger partial charge in [0, 0.05) is 15.1 Å². The molecule has 0 aliphatic carbocycles. The van der Waals surface area contributed by atoms with E-state index in [4.69, 9.17) is 4.98 Å². The van der Waals surface area contributed by atoms with Crippen LogP contribution in [0.15, 0.2) is 48.5 Å². The molecule has 0 saturated heterocycles. The Morgan fingerprint density at radius 3 is 2.70 bits per heavy atom. The minimum atomic E-state index is 0.184. The van der Waals surface area contributed by atoms with Gasteiger partial charge in [-0.2, -0.15) is 0 Å². The fourth-order valence-corrected chi connectivity index (χ4v) is 3.37. The number of rotatable bonds is 4. The van der Waals surface area contributed by atoms with Crippen LogP contribution in [0.5, 0.6) is 0 Å². The molecular weight excluding hydrogens is 264 g/mol. The Morgan fingerprint density at radius 2 is 1.95 bits per heavy atom. The van der Waals surface area contributed by atoms with E-state index in [9.17, 15) is 0 Å². The van der Waals surface area contributed by atoms with Crippen molar-refractivity contribution in [3.63, 3.8) is 0 Å². The van der Waals surface area contributed by atoms with Crippen LogP contribution in [0.1, 0.15) is 28.4 Å². The molecule has 0 aliphatic heterocycles. The molecule has 0 radical (unpaired) electrons. The van der Waals surface area contributed by atoms with Crippen LogP contribution in [-0.4, -0.2) is 11.5 Å². The summed E-state index contributed by atoms with van der Waals surface area (Å²) >= 11 is 1.83. The molecule has 20 heavy (non-hydrogen) atoms. The summed E-state index contributed by atoms with van der Waals surface area (Å²) in [6.07, 6.45) is 0. The van der Waals surface area contributed by atoms with Crippen LogP contribution >= 0.6 is 11.3 Å². The van der Waals surface area contributed by atoms with Crippen molar-refractivity contribution in [2.75, 3.05) is 6.54 Å². The fraction of sp³-hybridized carbons (Fsp3) is 0.235. The van der Waals surface area contributed by atoms with Crippen molar-refractivity contribution in [2.45, 2.75) is 19.9 Å². The van der Waals surface area contributed by atoms with Gasteiger partial charge in [-0.05, 0) is 37.7 Å². The lowest BCUT2D eigenvalue weighted by atomic mass is 10.1. The van der Waals surface area contributed by atoms with Crippen LogP contribution in [0.25, 0.3) is 10.9 Å². The Morgan fingerprint density at radius 1 is 1.10 bits per heavy atom. The summed E-state index contributed by atoms with van der Waals surface area (Å²) < 4.78 is 0. The van der Waals surface area contributed by atoms with Crippen molar-refractivity contribution in [2.24, 2.45) is 0 Å². The summed E-state index contributed by atoms with van der Waals surface area (Å²) in [6, 6.07) is 17.1. The first-order valence-corrected chi connectivity index (χ1v) is 7.75. The predicted octanol–water partition coefficient (Wildman–Crippen LogP) is 4.30. The molecule has 1 atom stereocenters. The summed E-state index contributed by atoms with van der Waals surface area (Å²) in [5.74, 6) is 0. The van der Waals surface area contributed by atoms with E-state index < -0.39 is 0 Å². The van der Waals surface area contributed by atoms with Crippen LogP contribution in [-0.2, 0) is 0 Å². The predicted molar refractivity (Wildman–Crippen MR) is 86.3 cm³/mol. The number of fused-ring (bicyclic) bond motifs is 1. The zero-order valence-electron chi connectivity index (χ0n) is 11.8. The minimum absolute atomic E-state index is 0.184. The second kappa shape index (κ2) is 5.73. The molecule has 1 unspecified atom stereocenters. The average molecular weight is 282 g/mol. The van der Waals surface area contributed by atoms with E-state index in [0.29, 0.717) is 0 Å². The van der Waals surface area contributed by atoms with Gasteiger partial charge in [0.25, 0.3) is 0 Å². The van der Waals surface area contributed by atoms with Crippen molar-refractivity contribution in [3.8, 4) is 0 Å². The second-order valence-electron chi connectivity index (χ2n) is 4.87. The van der Waals surface area contributed by atoms with Crippen LogP contribution in [0, 0.1) is 6.92 Å². The Kier molecular flexibility index (Phi) is 3.81. The Labute approximate surface area is 123 Å². The molecule has 1 N–H and O–H groups in total. The first-order valence-electron chi connectivity index (χ1n) is 6.93. The maximum atomic E-state index is 4.82. The molecule has 0 bridgehead atoms. The molecule has 2 nitrogen and oxygen atoms in total. The van der Waals surface area contributed by atoms with Gasteiger partial charge in [-0.25, -0.2) is 0 Å². The van der Waals surface area contributed by atoms with Crippen molar-refractivity contribution in [3.05, 3.63) is 64.0 Å². The average Bonchev–Trinajstić information content (AvgIpc) is 2.90. The van der Waals surface area contributed by atoms with Gasteiger partial charge in [-0.3, -0.25) is 4.98 Å². The highest BCUT2D eigenvalue weighted by atomic mass is 32.1. The third kappa shape index (κ3) is 2.60. The van der Waals surface area contributed by atoms with Gasteiger partial charge in [0.15, 0.2) is 0 Å². The first-order chi connectivity index (χ1) is 9.78. The van der Waals surface area contributed by atoms with E-state index in [1.54, 1.807) is 0 Å². The zero-order valence-corrected chi connectivity index (χ0v) is 12.6. The highest BCUT2D eigenvalue weighted by molar-refractivity contribution is 7.12. The SMILES string of the molecule is CCNC(c1ccc2ccccc2n1)c1ccc(C)s1. The molecule has 0 amide bonds. The van der Waals surface area contributed by atoms with E-state index in [1.807, 2.05) is 23.5 Å². The fourth-order valence-electron chi connectivity index (χ4n) is 2.41. The number of nitrogens with zero attached hydrogens (tertiary/aromatic N) is 1. The van der Waals surface area contributed by atoms with Gasteiger partial charge in [0.1, 0.15) is 0 Å². The number of benzene rings is 1. The molecule has 3 rings (SSSR count). The number of thiophene rings is 1. The first kappa shape index (κ1) is 13.3. The van der Waals surface area contributed by atoms with Crippen molar-refractivity contribution >= 4 is 22.2 Å². The Balaban J connectivity index is 2.04. The summed E-state index contributed by atoms with van der Waals surface area (Å²) in [5.41, 5.74) is 2.15. The lowest BCUT2D eigenvalue weighted by molar-refractivity contribution is 0.626. The van der Waals surface area contributed by atoms with E-state index in [1.165, 1.54) is 15.1 Å². The number of hydrogen-bond acceptors (Lipinski definition) is 3. The second-order valence-corrected chi connectivity index (χ2v) is 6.19. The summed E-state index contributed by atoms with van der Waals surface area (Å²) in [6.45, 7) is 5.20. The summed E-state index contributed by atoms with van der Waals surface area (Å²) in [5, 5.41) is 4.73. The van der Waals surface area contributed by atoms with Gasteiger partial charge in [0.05, 0.1) is 17.3 Å². The molecule has 2 aromatic heterocycles. The molecule has 0 aliphatic rings. The monoisotopic (exact) mass is 282 g/mol. The third-order valence-electron chi connectivity index (χ3n) is 3.37. The van der Waals surface area contributed by atoms with E-state index in [-0.39, 0.29) is 6.04 Å². The highest BCUT2D eigenvalue weighted by Crippen LogP contribution is 2.28. The molecule has 1 aromatic carbocycles. The van der Waals surface area contributed by atoms with Crippen LogP contribution < -0.4 is 5.32 Å². The Bertz CT molecular complexity index is 718. The Hall–Kier alpha value is -1.71. The number of nitrogens with one attached hydrogen (secondary N) is 1. The number of para-hydroxylation sites is 1. The smallest absolute Gasteiger partial charge is 0.0845 e. The lowest BCUT2D eigenvalue weighted by Gasteiger charge is -2.16. The van der Waals surface area contributed by atoms with Crippen molar-refractivity contribution in [1.29, 1.82) is 0 Å². The van der Waals surface area contributed by atoms with Gasteiger partial charge < -0.3 is 5.32 Å². The molecule has 0 fully saturated rings. The molecule has 0 saturated carbocycles. The normalized spacial score (nSPS) is 12.7. The molecule has 2 heterocycles. The maximum Gasteiger partial charge on any atom is 0.0845 e. The largest absolute Gasteiger partial charge is 0.305 e. The minimum Gasteiger partial charge on any atom is -0.305 e. The van der Waals surface area contributed by atoms with Gasteiger partial charge >= 0.3 is 0 Å². The molecule has 3 heteroatoms. The highest BCUT2D eigenvalue weighted by Gasteiger charge is 2.16. The lowest BCUT2D eigenvalue weighted by Crippen LogP contribution is -2.22. The molecule has 3 aromatic rings. The van der Waals surface area contributed by atoms with Gasteiger partial charge in [-0.15, -0.1) is 11.3 Å². The van der Waals surface area contributed by atoms with E-state index >= 15 is 0 Å². The maximum absolute atomic E-state index is 4.82. The number of hydrogen-bond donors (Lipinski definition) is 1. The topological polar surface area (TPSA) is 24.9 Å². The summed E-state index contributed by atoms with van der Waals surface area (Å²) in [7, 11) is 0. The molecule has 0 spiro atoms. The van der Waals surface area contributed by atoms with Crippen LogP contribution in [0.2, 0.25) is 0 Å². The molecular formula is C17H18N2S. The van der Waals surface area contributed by atoms with Crippen molar-refractivity contribution in [1.82, 2.24) is 10.3 Å². The number of pyridine rings is 1. The van der Waals surface area contributed by atoms with Crippen LogP contribution in [0.4, 0.5) is 0 Å². The summed E-state index contributed by atoms with van der Waals surface area (Å²) in [4.78, 5) is 7.49. The molecule has 102 valence electrons. The van der Waals surface area contributed by atoms with Gasteiger partial charge in [-0.1, -0.05) is 31.2 Å². The number of aryl methyl sites for hydroxylation is 1. The number of aromatic nitrogens is 1. The third-order valence-corrected chi connectivity index (χ3v) is 4.44. The van der Waals surface area contributed by atoms with Crippen molar-refractivity contribution < 1.29 is 0 Å². The van der Waals surface area contributed by atoms with Crippen LogP contribution in [0.3, 0.4) is 0 Å². The van der Waals surface area contributed by atoms with E-state index in [0.717, 1.165) is 17.8 Å². The quantitative estimate of drug-likeness (QED) is 0.771. The van der Waals surface area contributed by atoms with E-state index in [2.05, 4.69) is 55.6 Å². The standard InChI is InChI=1S/C17H18N2S/c1-3-18-17(16-11-8-12(2)20-16)15-10-9-13-6-4-5-7-14(13)19-15/h4-11,17-18H,3H2,1-2H3.